The van der Waals surface area contributed by atoms with Crippen molar-refractivity contribution in [3.8, 4) is 11.7 Å². The number of hydrogen-bond donors (Lipinski definition) is 1. The number of aromatic nitrogens is 2. The van der Waals surface area contributed by atoms with E-state index in [-0.39, 0.29) is 12.5 Å². The van der Waals surface area contributed by atoms with E-state index in [0.29, 0.717) is 16.5 Å². The van der Waals surface area contributed by atoms with Gasteiger partial charge >= 0.3 is 0 Å². The summed E-state index contributed by atoms with van der Waals surface area (Å²) in [5, 5.41) is 17.1. The Hall–Kier alpha value is -2.28. The fourth-order valence-corrected chi connectivity index (χ4v) is 1.69. The summed E-state index contributed by atoms with van der Waals surface area (Å²) < 4.78 is 10.4. The molecule has 7 nitrogen and oxygen atoms in total. The average Bonchev–Trinajstić information content (AvgIpc) is 2.74. The quantitative estimate of drug-likeness (QED) is 0.817. The molecule has 0 saturated heterocycles. The number of ether oxygens (including phenoxy) is 1. The van der Waals surface area contributed by atoms with E-state index in [1.165, 1.54) is 7.11 Å². The molecular formula is C11H10ClN3O4. The van der Waals surface area contributed by atoms with Crippen LogP contribution in [0.15, 0.2) is 28.9 Å². The topological polar surface area (TPSA) is 91.3 Å². The van der Waals surface area contributed by atoms with E-state index in [1.54, 1.807) is 18.2 Å². The van der Waals surface area contributed by atoms with Crippen molar-refractivity contribution in [3.05, 3.63) is 29.4 Å². The van der Waals surface area contributed by atoms with Crippen LogP contribution in [0.5, 0.6) is 11.7 Å². The highest BCUT2D eigenvalue weighted by atomic mass is 35.5. The molecule has 1 aromatic heterocycles. The first-order valence-corrected chi connectivity index (χ1v) is 5.63. The summed E-state index contributed by atoms with van der Waals surface area (Å²) in [6.07, 6.45) is 1.08. The van der Waals surface area contributed by atoms with Crippen LogP contribution in [0.4, 0.5) is 5.69 Å². The number of halogens is 1. The zero-order valence-electron chi connectivity index (χ0n) is 9.92. The largest absolute Gasteiger partial charge is 0.539 e. The van der Waals surface area contributed by atoms with Gasteiger partial charge in [-0.1, -0.05) is 16.3 Å². The Labute approximate surface area is 113 Å². The van der Waals surface area contributed by atoms with Crippen molar-refractivity contribution >= 4 is 23.2 Å². The molecule has 1 N–H and O–H groups in total. The van der Waals surface area contributed by atoms with Crippen LogP contribution in [0, 0.1) is 0 Å². The highest BCUT2D eigenvalue weighted by molar-refractivity contribution is 6.32. The van der Waals surface area contributed by atoms with Crippen molar-refractivity contribution in [2.75, 3.05) is 12.4 Å². The maximum Gasteiger partial charge on any atom is 0.292 e. The predicted molar refractivity (Wildman–Crippen MR) is 62.8 cm³/mol. The van der Waals surface area contributed by atoms with E-state index in [2.05, 4.69) is 15.1 Å². The van der Waals surface area contributed by atoms with Crippen molar-refractivity contribution in [1.82, 2.24) is 5.27 Å². The Morgan fingerprint density at radius 2 is 2.42 bits per heavy atom. The maximum absolute atomic E-state index is 11.7. The molecule has 0 radical (unpaired) electrons. The number of carbonyl (C=O) groups excluding carboxylic acids is 1. The van der Waals surface area contributed by atoms with E-state index >= 15 is 0 Å². The summed E-state index contributed by atoms with van der Waals surface area (Å²) in [6, 6.07) is 4.84. The van der Waals surface area contributed by atoms with Gasteiger partial charge in [0.25, 0.3) is 12.5 Å². The lowest BCUT2D eigenvalue weighted by molar-refractivity contribution is -0.750. The lowest BCUT2D eigenvalue weighted by atomic mass is 10.3. The van der Waals surface area contributed by atoms with Crippen LogP contribution < -0.4 is 19.8 Å². The Kier molecular flexibility index (Phi) is 3.86. The molecule has 19 heavy (non-hydrogen) atoms. The summed E-state index contributed by atoms with van der Waals surface area (Å²) in [7, 11) is 1.50. The van der Waals surface area contributed by atoms with Gasteiger partial charge in [-0.05, 0) is 18.2 Å². The molecule has 2 aromatic rings. The third-order valence-corrected chi connectivity index (χ3v) is 2.53. The van der Waals surface area contributed by atoms with E-state index in [9.17, 15) is 9.90 Å². The lowest BCUT2D eigenvalue weighted by Crippen LogP contribution is -2.41. The van der Waals surface area contributed by atoms with Crippen LogP contribution >= 0.6 is 11.6 Å². The minimum Gasteiger partial charge on any atom is -0.539 e. The molecule has 1 aromatic carbocycles. The number of carbonyl (C=O) groups is 1. The molecule has 0 bridgehead atoms. The molecule has 0 aliphatic carbocycles. The van der Waals surface area contributed by atoms with Gasteiger partial charge in [-0.3, -0.25) is 4.79 Å². The Morgan fingerprint density at radius 1 is 1.63 bits per heavy atom. The van der Waals surface area contributed by atoms with Crippen molar-refractivity contribution in [3.63, 3.8) is 0 Å². The Morgan fingerprint density at radius 3 is 3.00 bits per heavy atom. The van der Waals surface area contributed by atoms with Gasteiger partial charge in [0.05, 0.1) is 17.4 Å². The van der Waals surface area contributed by atoms with Crippen molar-refractivity contribution in [1.29, 1.82) is 0 Å². The maximum atomic E-state index is 11.7. The second kappa shape index (κ2) is 5.57. The number of amides is 1. The second-order valence-electron chi connectivity index (χ2n) is 3.62. The molecule has 0 saturated carbocycles. The van der Waals surface area contributed by atoms with Gasteiger partial charge in [-0.2, -0.15) is 0 Å². The Bertz CT molecular complexity index is 599. The molecule has 0 unspecified atom stereocenters. The fraction of sp³-hybridized carbons (Fsp3) is 0.182. The van der Waals surface area contributed by atoms with Crippen LogP contribution in [0.1, 0.15) is 0 Å². The summed E-state index contributed by atoms with van der Waals surface area (Å²) >= 11 is 5.93. The molecule has 8 heteroatoms. The molecule has 0 atom stereocenters. The SMILES string of the molecule is COc1ccc(NC(=O)C[n+]2cc([O-])on2)cc1Cl. The number of rotatable bonds is 4. The number of nitrogens with one attached hydrogen (secondary N) is 1. The van der Waals surface area contributed by atoms with Crippen LogP contribution in [0.25, 0.3) is 0 Å². The lowest BCUT2D eigenvalue weighted by Gasteiger charge is -2.06. The fourth-order valence-electron chi connectivity index (χ4n) is 1.43. The number of methoxy groups -OCH3 is 1. The minimum absolute atomic E-state index is 0.130. The highest BCUT2D eigenvalue weighted by Gasteiger charge is 2.12. The molecular weight excluding hydrogens is 274 g/mol. The van der Waals surface area contributed by atoms with Gasteiger partial charge in [-0.25, -0.2) is 0 Å². The Balaban J connectivity index is 2.00. The van der Waals surface area contributed by atoms with Crippen LogP contribution in [0.3, 0.4) is 0 Å². The predicted octanol–water partition coefficient (Wildman–Crippen LogP) is 0.336. The van der Waals surface area contributed by atoms with Crippen molar-refractivity contribution < 1.29 is 23.8 Å². The summed E-state index contributed by atoms with van der Waals surface area (Å²) in [5.41, 5.74) is 0.516. The van der Waals surface area contributed by atoms with E-state index in [0.717, 1.165) is 10.9 Å². The van der Waals surface area contributed by atoms with Crippen molar-refractivity contribution in [2.45, 2.75) is 6.54 Å². The van der Waals surface area contributed by atoms with Gasteiger partial charge in [0, 0.05) is 5.69 Å². The average molecular weight is 284 g/mol. The zero-order chi connectivity index (χ0) is 13.8. The molecule has 1 heterocycles. The third kappa shape index (κ3) is 3.35. The number of anilines is 1. The number of benzene rings is 1. The molecule has 0 aliphatic rings. The monoisotopic (exact) mass is 283 g/mol. The van der Waals surface area contributed by atoms with Gasteiger partial charge < -0.3 is 19.7 Å². The zero-order valence-corrected chi connectivity index (χ0v) is 10.7. The van der Waals surface area contributed by atoms with E-state index < -0.39 is 5.95 Å². The number of hydrogen-bond acceptors (Lipinski definition) is 5. The normalized spacial score (nSPS) is 10.2. The van der Waals surface area contributed by atoms with Gasteiger partial charge in [0.2, 0.25) is 6.20 Å². The first-order valence-electron chi connectivity index (χ1n) is 5.25. The molecule has 0 spiro atoms. The molecule has 0 aliphatic heterocycles. The molecule has 0 fully saturated rings. The van der Waals surface area contributed by atoms with Crippen LogP contribution in [0.2, 0.25) is 5.02 Å². The van der Waals surface area contributed by atoms with Gasteiger partial charge in [0.15, 0.2) is 0 Å². The smallest absolute Gasteiger partial charge is 0.292 e. The molecule has 100 valence electrons. The molecule has 2 rings (SSSR count). The van der Waals surface area contributed by atoms with Crippen molar-refractivity contribution in [2.24, 2.45) is 0 Å². The first kappa shape index (κ1) is 13.2. The molecule has 1 amide bonds. The standard InChI is InChI=1S/C11H10ClN3O4/c1-18-9-3-2-7(4-8(9)12)13-10(16)5-15-6-11(17)19-14-15/h2-4,6H,5H2,1H3,(H-,13,14,16,17). The number of nitrogens with zero attached hydrogens (tertiary/aromatic N) is 2. The minimum atomic E-state index is -0.611. The van der Waals surface area contributed by atoms with E-state index in [4.69, 9.17) is 16.3 Å². The van der Waals surface area contributed by atoms with Crippen LogP contribution in [-0.2, 0) is 11.3 Å². The highest BCUT2D eigenvalue weighted by Crippen LogP contribution is 2.27. The van der Waals surface area contributed by atoms with Gasteiger partial charge in [-0.15, -0.1) is 0 Å². The third-order valence-electron chi connectivity index (χ3n) is 2.23. The summed E-state index contributed by atoms with van der Waals surface area (Å²) in [6.45, 7) is -0.130. The van der Waals surface area contributed by atoms with E-state index in [1.807, 2.05) is 0 Å². The van der Waals surface area contributed by atoms with Crippen LogP contribution in [-0.4, -0.2) is 18.3 Å². The summed E-state index contributed by atoms with van der Waals surface area (Å²) in [5.74, 6) is -0.457. The first-order chi connectivity index (χ1) is 9.08. The summed E-state index contributed by atoms with van der Waals surface area (Å²) in [4.78, 5) is 11.7. The second-order valence-corrected chi connectivity index (χ2v) is 4.02. The van der Waals surface area contributed by atoms with Gasteiger partial charge in [0.1, 0.15) is 11.7 Å².